The molecule has 71 heavy (non-hydrogen) atoms. The second-order valence-electron chi connectivity index (χ2n) is 19.6. The molecular formula is C71H74. The summed E-state index contributed by atoms with van der Waals surface area (Å²) in [6.07, 6.45) is 9.63. The van der Waals surface area contributed by atoms with E-state index in [1.807, 2.05) is 13.8 Å². The second-order valence-corrected chi connectivity index (χ2v) is 19.6. The van der Waals surface area contributed by atoms with Crippen molar-refractivity contribution in [3.8, 4) is 22.3 Å². The highest BCUT2D eigenvalue weighted by molar-refractivity contribution is 6.25. The summed E-state index contributed by atoms with van der Waals surface area (Å²) in [4.78, 5) is 0. The van der Waals surface area contributed by atoms with Crippen molar-refractivity contribution in [2.24, 2.45) is 0 Å². The summed E-state index contributed by atoms with van der Waals surface area (Å²) in [5.41, 5.74) is 18.5. The lowest BCUT2D eigenvalue weighted by atomic mass is 9.67. The average Bonchev–Trinajstić information content (AvgIpc) is 4.13. The van der Waals surface area contributed by atoms with Crippen LogP contribution in [0.4, 0.5) is 0 Å². The molecule has 0 unspecified atom stereocenters. The third-order valence-electron chi connectivity index (χ3n) is 15.1. The minimum absolute atomic E-state index is 0. The van der Waals surface area contributed by atoms with Crippen LogP contribution >= 0.6 is 0 Å². The van der Waals surface area contributed by atoms with Gasteiger partial charge in [-0.25, -0.2) is 0 Å². The van der Waals surface area contributed by atoms with Crippen molar-refractivity contribution >= 4 is 32.3 Å². The minimum Gasteiger partial charge on any atom is -0.0776 e. The monoisotopic (exact) mass is 927 g/mol. The molecule has 0 nitrogen and oxygen atoms in total. The van der Waals surface area contributed by atoms with Crippen molar-refractivity contribution in [3.63, 3.8) is 0 Å². The lowest BCUT2D eigenvalue weighted by Crippen LogP contribution is -2.28. The van der Waals surface area contributed by atoms with E-state index in [1.165, 1.54) is 138 Å². The molecule has 0 aromatic heterocycles. The Morgan fingerprint density at radius 1 is 0.380 bits per heavy atom. The predicted molar refractivity (Wildman–Crippen MR) is 311 cm³/mol. The van der Waals surface area contributed by atoms with Crippen LogP contribution in [0.15, 0.2) is 212 Å². The maximum Gasteiger partial charge on any atom is 0.0713 e. The molecule has 0 saturated heterocycles. The van der Waals surface area contributed by atoms with Crippen LogP contribution in [0.5, 0.6) is 0 Å². The Kier molecular flexibility index (Phi) is 15.9. The number of fused-ring (bicyclic) bond motifs is 11. The van der Waals surface area contributed by atoms with Crippen LogP contribution in [-0.2, 0) is 17.3 Å². The Hall–Kier alpha value is -7.02. The van der Waals surface area contributed by atoms with Gasteiger partial charge in [-0.3, -0.25) is 0 Å². The van der Waals surface area contributed by atoms with E-state index >= 15 is 0 Å². The normalized spacial score (nSPS) is 14.0. The molecule has 358 valence electrons. The Balaban J connectivity index is 0.000000137. The molecule has 0 heteroatoms. The van der Waals surface area contributed by atoms with E-state index in [0.717, 1.165) is 0 Å². The maximum atomic E-state index is 2.46. The van der Waals surface area contributed by atoms with Crippen molar-refractivity contribution in [2.75, 3.05) is 0 Å². The summed E-state index contributed by atoms with van der Waals surface area (Å²) in [6.45, 7) is 14.8. The van der Waals surface area contributed by atoms with Gasteiger partial charge in [-0.15, -0.1) is 0 Å². The average molecular weight is 927 g/mol. The molecule has 0 radical (unpaired) electrons. The summed E-state index contributed by atoms with van der Waals surface area (Å²) < 4.78 is 0. The summed E-state index contributed by atoms with van der Waals surface area (Å²) in [7, 11) is 0. The fraction of sp³-hybridized carbons (Fsp3) is 0.239. The van der Waals surface area contributed by atoms with Crippen LogP contribution in [-0.4, -0.2) is 0 Å². The summed E-state index contributed by atoms with van der Waals surface area (Å²) in [6, 6.07) is 77.7. The third-order valence-corrected chi connectivity index (χ3v) is 15.1. The lowest BCUT2D eigenvalue weighted by Gasteiger charge is -2.34. The fourth-order valence-electron chi connectivity index (χ4n) is 12.0. The van der Waals surface area contributed by atoms with E-state index in [0.29, 0.717) is 5.41 Å². The standard InChI is InChI=1S/C26H20.C20H22.C19H14.C3H8.C2H6.CH4/c1-19-16-17-23-22-14-8-9-15-24(22)26(25(23)18-19,20-10-4-2-5-11-20)21-12-6-3-7-13-21;1-15-6-2-3-7-18(15)16-8-9-19-17(14-16)10-13-20(19)11-4-5-12-20;1-13-10-11-18-16-8-3-2-6-14(16)15-7-4-5-9-17(15)19(18)12-13;1-3-2;1-2;/h2-18H,1H3;2-3,6-9,14H,4-5,10-13H2,1H3;2-12H,1H3;3H2,1-2H3;1-2H3;1H4. The lowest BCUT2D eigenvalue weighted by molar-refractivity contribution is 0.439. The highest BCUT2D eigenvalue weighted by Gasteiger charge is 2.46. The van der Waals surface area contributed by atoms with Gasteiger partial charge in [0.15, 0.2) is 0 Å². The van der Waals surface area contributed by atoms with Gasteiger partial charge in [-0.05, 0) is 145 Å². The van der Waals surface area contributed by atoms with Crippen molar-refractivity contribution in [1.82, 2.24) is 0 Å². The Morgan fingerprint density at radius 2 is 0.845 bits per heavy atom. The molecule has 0 heterocycles. The number of hydrogen-bond donors (Lipinski definition) is 0. The molecule has 0 N–H and O–H groups in total. The van der Waals surface area contributed by atoms with Crippen LogP contribution < -0.4 is 0 Å². The van der Waals surface area contributed by atoms with Crippen LogP contribution in [0.25, 0.3) is 54.6 Å². The molecule has 3 aliphatic rings. The van der Waals surface area contributed by atoms with Gasteiger partial charge in [0, 0.05) is 0 Å². The first-order chi connectivity index (χ1) is 34.4. The number of aryl methyl sites for hydroxylation is 4. The third kappa shape index (κ3) is 9.50. The van der Waals surface area contributed by atoms with Crippen LogP contribution in [0.1, 0.15) is 124 Å². The van der Waals surface area contributed by atoms with E-state index in [-0.39, 0.29) is 12.8 Å². The van der Waals surface area contributed by atoms with Crippen molar-refractivity contribution in [3.05, 3.63) is 262 Å². The highest BCUT2D eigenvalue weighted by Crippen LogP contribution is 2.56. The van der Waals surface area contributed by atoms with Gasteiger partial charge in [0.25, 0.3) is 0 Å². The Labute approximate surface area is 426 Å². The van der Waals surface area contributed by atoms with Crippen molar-refractivity contribution < 1.29 is 0 Å². The summed E-state index contributed by atoms with van der Waals surface area (Å²) >= 11 is 0. The van der Waals surface area contributed by atoms with E-state index in [2.05, 4.69) is 247 Å². The zero-order valence-corrected chi connectivity index (χ0v) is 42.7. The number of rotatable bonds is 3. The van der Waals surface area contributed by atoms with Gasteiger partial charge < -0.3 is 0 Å². The van der Waals surface area contributed by atoms with E-state index in [1.54, 1.807) is 11.1 Å². The quantitative estimate of drug-likeness (QED) is 0.155. The largest absolute Gasteiger partial charge is 0.0776 e. The smallest absolute Gasteiger partial charge is 0.0713 e. The van der Waals surface area contributed by atoms with Gasteiger partial charge in [-0.1, -0.05) is 278 Å². The van der Waals surface area contributed by atoms with E-state index < -0.39 is 0 Å². The SMILES string of the molecule is C.CC.CCC.Cc1ccc2c(c1)C(c1ccccc1)(c1ccccc1)c1ccccc1-2.Cc1ccc2c3ccccc3c3ccccc3c2c1.Cc1ccccc1-c1ccc2c(c1)CCC21CCCC1. The molecule has 3 aliphatic carbocycles. The Bertz CT molecular complexity index is 3290. The highest BCUT2D eigenvalue weighted by atomic mass is 14.5. The van der Waals surface area contributed by atoms with Gasteiger partial charge in [0.2, 0.25) is 0 Å². The van der Waals surface area contributed by atoms with E-state index in [4.69, 9.17) is 0 Å². The maximum absolute atomic E-state index is 2.46. The molecule has 1 spiro atoms. The van der Waals surface area contributed by atoms with Crippen LogP contribution in [0.2, 0.25) is 0 Å². The van der Waals surface area contributed by atoms with E-state index in [9.17, 15) is 0 Å². The Morgan fingerprint density at radius 3 is 1.44 bits per heavy atom. The molecule has 1 saturated carbocycles. The number of hydrogen-bond acceptors (Lipinski definition) is 0. The molecule has 10 aromatic rings. The molecule has 0 amide bonds. The van der Waals surface area contributed by atoms with Crippen LogP contribution in [0.3, 0.4) is 0 Å². The molecule has 13 rings (SSSR count). The first kappa shape index (κ1) is 50.4. The van der Waals surface area contributed by atoms with Crippen molar-refractivity contribution in [1.29, 1.82) is 0 Å². The zero-order valence-electron chi connectivity index (χ0n) is 42.7. The topological polar surface area (TPSA) is 0 Å². The molecule has 0 atom stereocenters. The van der Waals surface area contributed by atoms with Gasteiger partial charge in [0.05, 0.1) is 5.41 Å². The molecule has 0 bridgehead atoms. The number of benzene rings is 10. The first-order valence-corrected chi connectivity index (χ1v) is 26.2. The minimum atomic E-state index is -0.263. The molecule has 10 aromatic carbocycles. The van der Waals surface area contributed by atoms with Crippen LogP contribution in [0, 0.1) is 20.8 Å². The molecule has 1 fully saturated rings. The van der Waals surface area contributed by atoms with Gasteiger partial charge >= 0.3 is 0 Å². The zero-order chi connectivity index (χ0) is 48.7. The second kappa shape index (κ2) is 22.4. The molecule has 0 aliphatic heterocycles. The van der Waals surface area contributed by atoms with Crippen molar-refractivity contribution in [2.45, 2.75) is 112 Å². The summed E-state index contributed by atoms with van der Waals surface area (Å²) in [5.74, 6) is 0. The predicted octanol–water partition coefficient (Wildman–Crippen LogP) is 20.3. The molecular weight excluding hydrogens is 853 g/mol. The first-order valence-electron chi connectivity index (χ1n) is 26.2. The fourth-order valence-corrected chi connectivity index (χ4v) is 12.0. The summed E-state index contributed by atoms with van der Waals surface area (Å²) in [5, 5.41) is 8.08. The van der Waals surface area contributed by atoms with Gasteiger partial charge in [0.1, 0.15) is 0 Å². The van der Waals surface area contributed by atoms with Gasteiger partial charge in [-0.2, -0.15) is 0 Å².